The van der Waals surface area contributed by atoms with Gasteiger partial charge in [-0.15, -0.1) is 0 Å². The maximum absolute atomic E-state index is 13.1. The summed E-state index contributed by atoms with van der Waals surface area (Å²) in [6.07, 6.45) is 2.02. The lowest BCUT2D eigenvalue weighted by Gasteiger charge is -2.28. The molecule has 1 heterocycles. The Morgan fingerprint density at radius 3 is 2.10 bits per heavy atom. The molecule has 0 saturated carbocycles. The van der Waals surface area contributed by atoms with Crippen molar-refractivity contribution in [3.8, 4) is 0 Å². The van der Waals surface area contributed by atoms with E-state index >= 15 is 0 Å². The zero-order chi connectivity index (χ0) is 21.8. The Labute approximate surface area is 174 Å². The van der Waals surface area contributed by atoms with E-state index in [1.165, 1.54) is 5.56 Å². The van der Waals surface area contributed by atoms with Crippen molar-refractivity contribution in [3.05, 3.63) is 35.4 Å². The van der Waals surface area contributed by atoms with E-state index in [1.54, 1.807) is 11.8 Å². The monoisotopic (exact) mass is 401 g/mol. The number of nitrogens with one attached hydrogen (secondary N) is 1. The van der Waals surface area contributed by atoms with Gasteiger partial charge in [0.25, 0.3) is 5.91 Å². The fraction of sp³-hybridized carbons (Fsp3) is 0.609. The molecule has 1 saturated heterocycles. The molecule has 2 rings (SSSR count). The summed E-state index contributed by atoms with van der Waals surface area (Å²) in [5.74, 6) is 0.0481. The summed E-state index contributed by atoms with van der Waals surface area (Å²) >= 11 is 0. The standard InChI is InChI=1S/C23H35N3O3/c1-7-8-18-9-11-19(12-10-18)23(6)21(28)26(22(29)24-23)15-20(27)25(13-16(2)3)14-17(4)5/h9-12,16-17H,7-8,13-15H2,1-6H3,(H,24,29)/t23-/m1/s1. The molecule has 0 unspecified atom stereocenters. The van der Waals surface area contributed by atoms with Crippen LogP contribution >= 0.6 is 0 Å². The Morgan fingerprint density at radius 1 is 1.07 bits per heavy atom. The maximum Gasteiger partial charge on any atom is 0.325 e. The summed E-state index contributed by atoms with van der Waals surface area (Å²) in [4.78, 5) is 41.4. The largest absolute Gasteiger partial charge is 0.341 e. The quantitative estimate of drug-likeness (QED) is 0.644. The van der Waals surface area contributed by atoms with Crippen LogP contribution < -0.4 is 5.32 Å². The van der Waals surface area contributed by atoms with Crippen LogP contribution in [0.4, 0.5) is 4.79 Å². The fourth-order valence-electron chi connectivity index (χ4n) is 3.72. The second-order valence-corrected chi connectivity index (χ2v) is 8.98. The molecule has 1 fully saturated rings. The highest BCUT2D eigenvalue weighted by atomic mass is 16.2. The van der Waals surface area contributed by atoms with Crippen molar-refractivity contribution in [2.75, 3.05) is 19.6 Å². The summed E-state index contributed by atoms with van der Waals surface area (Å²) < 4.78 is 0. The van der Waals surface area contributed by atoms with Crippen LogP contribution in [0.3, 0.4) is 0 Å². The smallest absolute Gasteiger partial charge is 0.325 e. The predicted octanol–water partition coefficient (Wildman–Crippen LogP) is 3.55. The van der Waals surface area contributed by atoms with Crippen LogP contribution in [0.15, 0.2) is 24.3 Å². The molecule has 0 aliphatic carbocycles. The molecule has 0 spiro atoms. The summed E-state index contributed by atoms with van der Waals surface area (Å²) in [5.41, 5.74) is 0.775. The zero-order valence-electron chi connectivity index (χ0n) is 18.6. The average Bonchev–Trinajstić information content (AvgIpc) is 2.85. The van der Waals surface area contributed by atoms with Crippen molar-refractivity contribution in [1.82, 2.24) is 15.1 Å². The number of urea groups is 1. The molecule has 160 valence electrons. The number of carbonyl (C=O) groups is 3. The van der Waals surface area contributed by atoms with Gasteiger partial charge in [-0.3, -0.25) is 14.5 Å². The number of imide groups is 1. The number of benzene rings is 1. The number of rotatable bonds is 9. The molecule has 6 heteroatoms. The minimum atomic E-state index is -1.15. The Balaban J connectivity index is 2.17. The van der Waals surface area contributed by atoms with E-state index in [0.717, 1.165) is 23.3 Å². The normalized spacial score (nSPS) is 19.2. The predicted molar refractivity (Wildman–Crippen MR) is 114 cm³/mol. The minimum absolute atomic E-state index is 0.196. The SMILES string of the molecule is CCCc1ccc([C@@]2(C)NC(=O)N(CC(=O)N(CC(C)C)CC(C)C)C2=O)cc1. The van der Waals surface area contributed by atoms with E-state index in [1.807, 2.05) is 52.0 Å². The van der Waals surface area contributed by atoms with Gasteiger partial charge in [-0.2, -0.15) is 0 Å². The van der Waals surface area contributed by atoms with Gasteiger partial charge < -0.3 is 10.2 Å². The van der Waals surface area contributed by atoms with E-state index in [4.69, 9.17) is 0 Å². The lowest BCUT2D eigenvalue weighted by atomic mass is 9.91. The number of hydrogen-bond acceptors (Lipinski definition) is 3. The number of nitrogens with zero attached hydrogens (tertiary/aromatic N) is 2. The van der Waals surface area contributed by atoms with Crippen molar-refractivity contribution < 1.29 is 14.4 Å². The molecule has 1 atom stereocenters. The van der Waals surface area contributed by atoms with Gasteiger partial charge in [0.05, 0.1) is 0 Å². The first-order valence-electron chi connectivity index (χ1n) is 10.6. The zero-order valence-corrected chi connectivity index (χ0v) is 18.6. The third-order valence-corrected chi connectivity index (χ3v) is 5.16. The van der Waals surface area contributed by atoms with Gasteiger partial charge in [0, 0.05) is 13.1 Å². The Morgan fingerprint density at radius 2 is 1.62 bits per heavy atom. The minimum Gasteiger partial charge on any atom is -0.341 e. The third kappa shape index (κ3) is 5.37. The second kappa shape index (κ2) is 9.42. The van der Waals surface area contributed by atoms with Gasteiger partial charge in [-0.05, 0) is 36.3 Å². The van der Waals surface area contributed by atoms with Gasteiger partial charge in [0.2, 0.25) is 5.91 Å². The molecule has 4 amide bonds. The van der Waals surface area contributed by atoms with Crippen molar-refractivity contribution in [1.29, 1.82) is 0 Å². The second-order valence-electron chi connectivity index (χ2n) is 8.98. The van der Waals surface area contributed by atoms with Crippen molar-refractivity contribution in [3.63, 3.8) is 0 Å². The first kappa shape index (κ1) is 22.9. The Hall–Kier alpha value is -2.37. The molecular formula is C23H35N3O3. The average molecular weight is 402 g/mol. The molecule has 6 nitrogen and oxygen atoms in total. The third-order valence-electron chi connectivity index (χ3n) is 5.16. The Bertz CT molecular complexity index is 732. The number of aryl methyl sites for hydroxylation is 1. The summed E-state index contributed by atoms with van der Waals surface area (Å²) in [6, 6.07) is 7.24. The first-order valence-corrected chi connectivity index (χ1v) is 10.6. The molecule has 0 bridgehead atoms. The molecule has 1 aromatic rings. The summed E-state index contributed by atoms with van der Waals surface area (Å²) in [5, 5.41) is 2.79. The lowest BCUT2D eigenvalue weighted by molar-refractivity contribution is -0.139. The summed E-state index contributed by atoms with van der Waals surface area (Å²) in [7, 11) is 0. The summed E-state index contributed by atoms with van der Waals surface area (Å²) in [6.45, 7) is 13.0. The van der Waals surface area contributed by atoms with Gasteiger partial charge in [0.15, 0.2) is 0 Å². The highest BCUT2D eigenvalue weighted by molar-refractivity contribution is 6.09. The van der Waals surface area contributed by atoms with Crippen LogP contribution in [0.25, 0.3) is 0 Å². The molecule has 0 radical (unpaired) electrons. The van der Waals surface area contributed by atoms with E-state index in [0.29, 0.717) is 24.9 Å². The lowest BCUT2D eigenvalue weighted by Crippen LogP contribution is -2.46. The molecule has 0 aromatic heterocycles. The number of amides is 4. The van der Waals surface area contributed by atoms with E-state index in [2.05, 4.69) is 12.2 Å². The topological polar surface area (TPSA) is 69.7 Å². The molecule has 29 heavy (non-hydrogen) atoms. The molecule has 1 aliphatic rings. The molecule has 1 N–H and O–H groups in total. The van der Waals surface area contributed by atoms with Gasteiger partial charge >= 0.3 is 6.03 Å². The number of carbonyl (C=O) groups excluding carboxylic acids is 3. The van der Waals surface area contributed by atoms with Crippen molar-refractivity contribution in [2.45, 2.75) is 59.9 Å². The van der Waals surface area contributed by atoms with E-state index in [9.17, 15) is 14.4 Å². The van der Waals surface area contributed by atoms with E-state index in [-0.39, 0.29) is 18.4 Å². The van der Waals surface area contributed by atoms with Crippen LogP contribution in [-0.4, -0.2) is 47.3 Å². The van der Waals surface area contributed by atoms with Crippen molar-refractivity contribution in [2.24, 2.45) is 11.8 Å². The van der Waals surface area contributed by atoms with Crippen LogP contribution in [0.2, 0.25) is 0 Å². The Kier molecular flexibility index (Phi) is 7.44. The van der Waals surface area contributed by atoms with Crippen LogP contribution in [0.5, 0.6) is 0 Å². The molecular weight excluding hydrogens is 366 g/mol. The van der Waals surface area contributed by atoms with Gasteiger partial charge in [0.1, 0.15) is 12.1 Å². The van der Waals surface area contributed by atoms with Crippen LogP contribution in [0.1, 0.15) is 59.1 Å². The van der Waals surface area contributed by atoms with Gasteiger partial charge in [-0.1, -0.05) is 65.3 Å². The highest BCUT2D eigenvalue weighted by Gasteiger charge is 2.49. The fourth-order valence-corrected chi connectivity index (χ4v) is 3.72. The van der Waals surface area contributed by atoms with E-state index < -0.39 is 11.6 Å². The first-order chi connectivity index (χ1) is 13.6. The molecule has 1 aromatic carbocycles. The van der Waals surface area contributed by atoms with Gasteiger partial charge in [-0.25, -0.2) is 4.79 Å². The highest BCUT2D eigenvalue weighted by Crippen LogP contribution is 2.29. The van der Waals surface area contributed by atoms with Crippen molar-refractivity contribution >= 4 is 17.8 Å². The number of hydrogen-bond donors (Lipinski definition) is 1. The molecule has 1 aliphatic heterocycles. The van der Waals surface area contributed by atoms with Crippen LogP contribution in [0, 0.1) is 11.8 Å². The van der Waals surface area contributed by atoms with Crippen LogP contribution in [-0.2, 0) is 21.5 Å². The maximum atomic E-state index is 13.1.